The van der Waals surface area contributed by atoms with Crippen LogP contribution < -0.4 is 0 Å². The topological polar surface area (TPSA) is 26.3 Å². The summed E-state index contributed by atoms with van der Waals surface area (Å²) in [7, 11) is 0. The zero-order chi connectivity index (χ0) is 14.7. The van der Waals surface area contributed by atoms with Gasteiger partial charge in [0.05, 0.1) is 5.56 Å². The van der Waals surface area contributed by atoms with Crippen LogP contribution >= 0.6 is 11.6 Å². The monoisotopic (exact) mass is 296 g/mol. The van der Waals surface area contributed by atoms with Crippen LogP contribution in [0.1, 0.15) is 15.9 Å². The second-order valence-corrected chi connectivity index (χ2v) is 5.17. The van der Waals surface area contributed by atoms with Gasteiger partial charge in [0.2, 0.25) is 0 Å². The third-order valence-electron chi connectivity index (χ3n) is 3.29. The molecule has 0 heterocycles. The molecule has 0 unspecified atom stereocenters. The van der Waals surface area contributed by atoms with Crippen LogP contribution in [0.2, 0.25) is 5.02 Å². The fourth-order valence-electron chi connectivity index (χ4n) is 2.21. The second kappa shape index (κ2) is 5.98. The van der Waals surface area contributed by atoms with Gasteiger partial charge in [-0.1, -0.05) is 60.1 Å². The van der Waals surface area contributed by atoms with Crippen LogP contribution in [0, 0.1) is 0 Å². The maximum atomic E-state index is 12.3. The van der Waals surface area contributed by atoms with Crippen molar-refractivity contribution in [2.75, 3.05) is 0 Å². The van der Waals surface area contributed by atoms with E-state index in [-0.39, 0.29) is 12.6 Å². The Morgan fingerprint density at radius 3 is 2.43 bits per heavy atom. The highest BCUT2D eigenvalue weighted by atomic mass is 35.5. The predicted molar refractivity (Wildman–Crippen MR) is 84.5 cm³/mol. The average molecular weight is 297 g/mol. The maximum absolute atomic E-state index is 12.3. The van der Waals surface area contributed by atoms with E-state index in [9.17, 15) is 4.79 Å². The highest BCUT2D eigenvalue weighted by molar-refractivity contribution is 6.30. The summed E-state index contributed by atoms with van der Waals surface area (Å²) in [5, 5.41) is 2.60. The van der Waals surface area contributed by atoms with E-state index >= 15 is 0 Å². The smallest absolute Gasteiger partial charge is 0.339 e. The largest absolute Gasteiger partial charge is 0.457 e. The number of carbonyl (C=O) groups is 1. The lowest BCUT2D eigenvalue weighted by molar-refractivity contribution is 0.0475. The number of halogens is 1. The first-order valence-corrected chi connectivity index (χ1v) is 7.01. The number of hydrogen-bond donors (Lipinski definition) is 0. The molecule has 3 aromatic rings. The summed E-state index contributed by atoms with van der Waals surface area (Å²) >= 11 is 5.83. The Morgan fingerprint density at radius 1 is 0.905 bits per heavy atom. The van der Waals surface area contributed by atoms with Crippen LogP contribution in [0.4, 0.5) is 0 Å². The van der Waals surface area contributed by atoms with Gasteiger partial charge in [0.25, 0.3) is 0 Å². The van der Waals surface area contributed by atoms with E-state index < -0.39 is 0 Å². The quantitative estimate of drug-likeness (QED) is 0.646. The minimum absolute atomic E-state index is 0.235. The van der Waals surface area contributed by atoms with Crippen LogP contribution in [0.3, 0.4) is 0 Å². The van der Waals surface area contributed by atoms with E-state index in [0.717, 1.165) is 16.3 Å². The molecule has 0 spiro atoms. The van der Waals surface area contributed by atoms with Gasteiger partial charge >= 0.3 is 5.97 Å². The SMILES string of the molecule is O=C(OCc1ccc(Cl)cc1)c1cccc2ccccc12. The number of fused-ring (bicyclic) bond motifs is 1. The first kappa shape index (κ1) is 13.7. The van der Waals surface area contributed by atoms with Crippen molar-refractivity contribution in [1.29, 1.82) is 0 Å². The molecule has 0 aliphatic rings. The Labute approximate surface area is 127 Å². The van der Waals surface area contributed by atoms with E-state index in [4.69, 9.17) is 16.3 Å². The zero-order valence-electron chi connectivity index (χ0n) is 11.3. The number of benzene rings is 3. The van der Waals surface area contributed by atoms with Gasteiger partial charge < -0.3 is 4.74 Å². The number of rotatable bonds is 3. The van der Waals surface area contributed by atoms with Gasteiger partial charge in [-0.2, -0.15) is 0 Å². The molecule has 104 valence electrons. The fourth-order valence-corrected chi connectivity index (χ4v) is 2.34. The molecule has 0 aromatic heterocycles. The first-order valence-electron chi connectivity index (χ1n) is 6.63. The minimum atomic E-state index is -0.318. The van der Waals surface area contributed by atoms with Crippen molar-refractivity contribution < 1.29 is 9.53 Å². The molecule has 0 aliphatic carbocycles. The molecule has 3 rings (SSSR count). The molecular formula is C18H13ClO2. The van der Waals surface area contributed by atoms with Crippen LogP contribution in [-0.4, -0.2) is 5.97 Å². The van der Waals surface area contributed by atoms with Gasteiger partial charge in [-0.3, -0.25) is 0 Å². The number of carbonyl (C=O) groups excluding carboxylic acids is 1. The van der Waals surface area contributed by atoms with E-state index in [2.05, 4.69) is 0 Å². The second-order valence-electron chi connectivity index (χ2n) is 4.73. The summed E-state index contributed by atoms with van der Waals surface area (Å²) < 4.78 is 5.38. The van der Waals surface area contributed by atoms with Gasteiger partial charge in [-0.15, -0.1) is 0 Å². The summed E-state index contributed by atoms with van der Waals surface area (Å²) in [6, 6.07) is 20.6. The van der Waals surface area contributed by atoms with Gasteiger partial charge in [0.1, 0.15) is 6.61 Å². The van der Waals surface area contributed by atoms with Crippen LogP contribution in [0.15, 0.2) is 66.7 Å². The molecular weight excluding hydrogens is 284 g/mol. The Balaban J connectivity index is 1.79. The predicted octanol–water partition coefficient (Wildman–Crippen LogP) is 4.85. The Hall–Kier alpha value is -2.32. The molecule has 0 saturated carbocycles. The van der Waals surface area contributed by atoms with Crippen molar-refractivity contribution >= 4 is 28.3 Å². The first-order chi connectivity index (χ1) is 10.2. The minimum Gasteiger partial charge on any atom is -0.457 e. The molecule has 0 radical (unpaired) electrons. The summed E-state index contributed by atoms with van der Waals surface area (Å²) in [4.78, 5) is 12.3. The lowest BCUT2D eigenvalue weighted by Crippen LogP contribution is -2.05. The highest BCUT2D eigenvalue weighted by Crippen LogP contribution is 2.20. The van der Waals surface area contributed by atoms with Gasteiger partial charge in [0, 0.05) is 5.02 Å². The summed E-state index contributed by atoms with van der Waals surface area (Å²) in [5.41, 5.74) is 1.50. The fraction of sp³-hybridized carbons (Fsp3) is 0.0556. The van der Waals surface area contributed by atoms with Crippen molar-refractivity contribution in [3.8, 4) is 0 Å². The number of hydrogen-bond acceptors (Lipinski definition) is 2. The Bertz CT molecular complexity index is 773. The van der Waals surface area contributed by atoms with Crippen LogP contribution in [0.5, 0.6) is 0 Å². The van der Waals surface area contributed by atoms with Crippen molar-refractivity contribution in [2.24, 2.45) is 0 Å². The van der Waals surface area contributed by atoms with Gasteiger partial charge in [0.15, 0.2) is 0 Å². The lowest BCUT2D eigenvalue weighted by atomic mass is 10.0. The molecule has 21 heavy (non-hydrogen) atoms. The van der Waals surface area contributed by atoms with E-state index in [0.29, 0.717) is 10.6 Å². The Kier molecular flexibility index (Phi) is 3.89. The highest BCUT2D eigenvalue weighted by Gasteiger charge is 2.11. The molecule has 0 saturated heterocycles. The molecule has 3 heteroatoms. The summed E-state index contributed by atoms with van der Waals surface area (Å²) in [6.07, 6.45) is 0. The van der Waals surface area contributed by atoms with Crippen molar-refractivity contribution in [3.05, 3.63) is 82.9 Å². The van der Waals surface area contributed by atoms with Crippen molar-refractivity contribution in [1.82, 2.24) is 0 Å². The molecule has 0 bridgehead atoms. The lowest BCUT2D eigenvalue weighted by Gasteiger charge is -2.07. The van der Waals surface area contributed by atoms with Crippen molar-refractivity contribution in [2.45, 2.75) is 6.61 Å². The number of esters is 1. The van der Waals surface area contributed by atoms with Gasteiger partial charge in [-0.25, -0.2) is 4.79 Å². The molecule has 0 N–H and O–H groups in total. The van der Waals surface area contributed by atoms with Crippen molar-refractivity contribution in [3.63, 3.8) is 0 Å². The van der Waals surface area contributed by atoms with E-state index in [1.54, 1.807) is 18.2 Å². The molecule has 0 fully saturated rings. The third-order valence-corrected chi connectivity index (χ3v) is 3.54. The molecule has 3 aromatic carbocycles. The summed E-state index contributed by atoms with van der Waals surface area (Å²) in [6.45, 7) is 0.235. The Morgan fingerprint density at radius 2 is 1.62 bits per heavy atom. The van der Waals surface area contributed by atoms with Crippen LogP contribution in [-0.2, 0) is 11.3 Å². The van der Waals surface area contributed by atoms with E-state index in [1.165, 1.54) is 0 Å². The maximum Gasteiger partial charge on any atom is 0.339 e. The third kappa shape index (κ3) is 3.06. The molecule has 0 atom stereocenters. The molecule has 0 aliphatic heterocycles. The van der Waals surface area contributed by atoms with E-state index in [1.807, 2.05) is 48.5 Å². The average Bonchev–Trinajstić information content (AvgIpc) is 2.53. The van der Waals surface area contributed by atoms with Crippen LogP contribution in [0.25, 0.3) is 10.8 Å². The standard InChI is InChI=1S/C18H13ClO2/c19-15-10-8-13(9-11-15)12-21-18(20)17-7-3-5-14-4-1-2-6-16(14)17/h1-11H,12H2. The molecule has 2 nitrogen and oxygen atoms in total. The summed E-state index contributed by atoms with van der Waals surface area (Å²) in [5.74, 6) is -0.318. The molecule has 0 amide bonds. The normalized spacial score (nSPS) is 10.5. The van der Waals surface area contributed by atoms with Gasteiger partial charge in [-0.05, 0) is 34.5 Å². The number of ether oxygens (including phenoxy) is 1. The zero-order valence-corrected chi connectivity index (χ0v) is 12.0.